The van der Waals surface area contributed by atoms with Gasteiger partial charge in [0.25, 0.3) is 5.91 Å². The maximum absolute atomic E-state index is 11.9. The molecule has 0 bridgehead atoms. The number of hydrogen-bond acceptors (Lipinski definition) is 4. The highest BCUT2D eigenvalue weighted by Gasteiger charge is 2.04. The lowest BCUT2D eigenvalue weighted by molar-refractivity contribution is 0.0954. The Labute approximate surface area is 163 Å². The lowest BCUT2D eigenvalue weighted by Crippen LogP contribution is -2.41. The van der Waals surface area contributed by atoms with Gasteiger partial charge >= 0.3 is 0 Å². The standard InChI is InChI=1S/C16H21N5OS.HI/c1-2-18-16(21-10-13-5-9-23-12-13)20-8-7-19-15(22)14-4-3-6-17-11-14;/h3-6,9,11-12H,2,7-8,10H2,1H3,(H,19,22)(H2,18,20,21);1H. The molecule has 0 aliphatic carbocycles. The molecule has 0 spiro atoms. The third kappa shape index (κ3) is 7.26. The Hall–Kier alpha value is -1.68. The number of hydrogen-bond donors (Lipinski definition) is 3. The van der Waals surface area contributed by atoms with Gasteiger partial charge in [0.1, 0.15) is 0 Å². The van der Waals surface area contributed by atoms with Crippen molar-refractivity contribution in [2.24, 2.45) is 4.99 Å². The molecule has 130 valence electrons. The Kier molecular flexibility index (Phi) is 10.0. The number of rotatable bonds is 7. The number of pyridine rings is 1. The molecule has 2 heterocycles. The Morgan fingerprint density at radius 3 is 2.75 bits per heavy atom. The van der Waals surface area contributed by atoms with Gasteiger partial charge in [-0.05, 0) is 41.4 Å². The van der Waals surface area contributed by atoms with E-state index in [1.54, 1.807) is 35.9 Å². The SMILES string of the molecule is CCNC(=NCc1ccsc1)NCCNC(=O)c1cccnc1.I. The van der Waals surface area contributed by atoms with E-state index in [4.69, 9.17) is 0 Å². The molecule has 0 aliphatic rings. The van der Waals surface area contributed by atoms with Crippen LogP contribution in [0.2, 0.25) is 0 Å². The molecule has 8 heteroatoms. The molecule has 0 fully saturated rings. The average Bonchev–Trinajstić information content (AvgIpc) is 3.10. The number of carbonyl (C=O) groups is 1. The molecule has 2 aromatic rings. The number of aromatic nitrogens is 1. The van der Waals surface area contributed by atoms with Crippen LogP contribution in [-0.4, -0.2) is 36.5 Å². The lowest BCUT2D eigenvalue weighted by atomic mass is 10.3. The summed E-state index contributed by atoms with van der Waals surface area (Å²) >= 11 is 1.66. The summed E-state index contributed by atoms with van der Waals surface area (Å²) < 4.78 is 0. The topological polar surface area (TPSA) is 78.4 Å². The highest BCUT2D eigenvalue weighted by Crippen LogP contribution is 2.06. The zero-order valence-electron chi connectivity index (χ0n) is 13.5. The van der Waals surface area contributed by atoms with E-state index in [-0.39, 0.29) is 29.9 Å². The van der Waals surface area contributed by atoms with Crippen LogP contribution >= 0.6 is 35.3 Å². The third-order valence-electron chi connectivity index (χ3n) is 2.97. The molecule has 0 saturated heterocycles. The Morgan fingerprint density at radius 1 is 1.25 bits per heavy atom. The number of thiophene rings is 1. The van der Waals surface area contributed by atoms with Crippen molar-refractivity contribution in [1.82, 2.24) is 20.9 Å². The Morgan fingerprint density at radius 2 is 2.08 bits per heavy atom. The van der Waals surface area contributed by atoms with Gasteiger partial charge in [-0.1, -0.05) is 0 Å². The summed E-state index contributed by atoms with van der Waals surface area (Å²) in [5, 5.41) is 13.4. The predicted octanol–water partition coefficient (Wildman–Crippen LogP) is 2.25. The van der Waals surface area contributed by atoms with Crippen molar-refractivity contribution in [3.05, 3.63) is 52.5 Å². The third-order valence-corrected chi connectivity index (χ3v) is 3.70. The fourth-order valence-corrected chi connectivity index (χ4v) is 2.51. The molecular weight excluding hydrogens is 437 g/mol. The second-order valence-electron chi connectivity index (χ2n) is 4.75. The van der Waals surface area contributed by atoms with E-state index in [1.807, 2.05) is 12.3 Å². The molecule has 0 unspecified atom stereocenters. The zero-order valence-corrected chi connectivity index (χ0v) is 16.6. The first-order valence-corrected chi connectivity index (χ1v) is 8.45. The minimum Gasteiger partial charge on any atom is -0.357 e. The van der Waals surface area contributed by atoms with Gasteiger partial charge < -0.3 is 16.0 Å². The van der Waals surface area contributed by atoms with Crippen LogP contribution in [0.3, 0.4) is 0 Å². The molecule has 1 amide bonds. The normalized spacial score (nSPS) is 10.6. The largest absolute Gasteiger partial charge is 0.357 e. The minimum atomic E-state index is -0.125. The van der Waals surface area contributed by atoms with Gasteiger partial charge in [-0.3, -0.25) is 9.78 Å². The van der Waals surface area contributed by atoms with Crippen LogP contribution in [0.4, 0.5) is 0 Å². The molecule has 0 atom stereocenters. The fraction of sp³-hybridized carbons (Fsp3) is 0.312. The van der Waals surface area contributed by atoms with Crippen molar-refractivity contribution < 1.29 is 4.79 Å². The Bertz CT molecular complexity index is 619. The summed E-state index contributed by atoms with van der Waals surface area (Å²) in [7, 11) is 0. The minimum absolute atomic E-state index is 0. The maximum Gasteiger partial charge on any atom is 0.252 e. The highest BCUT2D eigenvalue weighted by molar-refractivity contribution is 14.0. The van der Waals surface area contributed by atoms with E-state index >= 15 is 0 Å². The first-order valence-electron chi connectivity index (χ1n) is 7.51. The number of halogens is 1. The quantitative estimate of drug-likeness (QED) is 0.257. The van der Waals surface area contributed by atoms with Gasteiger partial charge in [0, 0.05) is 32.0 Å². The summed E-state index contributed by atoms with van der Waals surface area (Å²) in [6.07, 6.45) is 3.19. The van der Waals surface area contributed by atoms with E-state index in [0.717, 1.165) is 12.5 Å². The zero-order chi connectivity index (χ0) is 16.3. The van der Waals surface area contributed by atoms with E-state index < -0.39 is 0 Å². The molecule has 2 aromatic heterocycles. The monoisotopic (exact) mass is 459 g/mol. The van der Waals surface area contributed by atoms with Crippen LogP contribution < -0.4 is 16.0 Å². The molecule has 24 heavy (non-hydrogen) atoms. The molecule has 0 saturated carbocycles. The van der Waals surface area contributed by atoms with Crippen LogP contribution in [-0.2, 0) is 6.54 Å². The molecule has 0 aromatic carbocycles. The van der Waals surface area contributed by atoms with Crippen LogP contribution in [0.1, 0.15) is 22.8 Å². The van der Waals surface area contributed by atoms with E-state index in [9.17, 15) is 4.79 Å². The Balaban J connectivity index is 0.00000288. The van der Waals surface area contributed by atoms with Crippen molar-refractivity contribution in [1.29, 1.82) is 0 Å². The number of nitrogens with zero attached hydrogens (tertiary/aromatic N) is 2. The second-order valence-corrected chi connectivity index (χ2v) is 5.53. The van der Waals surface area contributed by atoms with Crippen LogP contribution in [0.25, 0.3) is 0 Å². The van der Waals surface area contributed by atoms with Gasteiger partial charge in [-0.2, -0.15) is 11.3 Å². The maximum atomic E-state index is 11.9. The molecule has 0 radical (unpaired) electrons. The van der Waals surface area contributed by atoms with E-state index in [0.29, 0.717) is 25.2 Å². The van der Waals surface area contributed by atoms with E-state index in [1.165, 1.54) is 5.56 Å². The smallest absolute Gasteiger partial charge is 0.252 e. The van der Waals surface area contributed by atoms with Gasteiger partial charge in [-0.15, -0.1) is 24.0 Å². The van der Waals surface area contributed by atoms with Crippen molar-refractivity contribution >= 4 is 47.2 Å². The molecule has 6 nitrogen and oxygen atoms in total. The van der Waals surface area contributed by atoms with Crippen molar-refractivity contribution in [2.45, 2.75) is 13.5 Å². The molecule has 2 rings (SSSR count). The summed E-state index contributed by atoms with van der Waals surface area (Å²) in [6, 6.07) is 5.54. The number of carbonyl (C=O) groups excluding carboxylic acids is 1. The number of aliphatic imine (C=N–C) groups is 1. The molecule has 3 N–H and O–H groups in total. The summed E-state index contributed by atoms with van der Waals surface area (Å²) in [5.41, 5.74) is 1.75. The van der Waals surface area contributed by atoms with Crippen molar-refractivity contribution in [2.75, 3.05) is 19.6 Å². The summed E-state index contributed by atoms with van der Waals surface area (Å²) in [4.78, 5) is 20.3. The van der Waals surface area contributed by atoms with Crippen molar-refractivity contribution in [3.8, 4) is 0 Å². The number of nitrogens with one attached hydrogen (secondary N) is 3. The first kappa shape index (κ1) is 20.4. The van der Waals surface area contributed by atoms with Gasteiger partial charge in [0.2, 0.25) is 0 Å². The predicted molar refractivity (Wildman–Crippen MR) is 109 cm³/mol. The van der Waals surface area contributed by atoms with Gasteiger partial charge in [0.15, 0.2) is 5.96 Å². The summed E-state index contributed by atoms with van der Waals surface area (Å²) in [6.45, 7) is 4.56. The second kappa shape index (κ2) is 11.8. The average molecular weight is 459 g/mol. The lowest BCUT2D eigenvalue weighted by Gasteiger charge is -2.11. The van der Waals surface area contributed by atoms with Crippen LogP contribution in [0, 0.1) is 0 Å². The summed E-state index contributed by atoms with van der Waals surface area (Å²) in [5.74, 6) is 0.620. The van der Waals surface area contributed by atoms with Crippen LogP contribution in [0.5, 0.6) is 0 Å². The van der Waals surface area contributed by atoms with E-state index in [2.05, 4.69) is 37.4 Å². The highest BCUT2D eigenvalue weighted by atomic mass is 127. The number of amides is 1. The first-order chi connectivity index (χ1) is 11.3. The molecule has 0 aliphatic heterocycles. The van der Waals surface area contributed by atoms with Gasteiger partial charge in [0.05, 0.1) is 12.1 Å². The van der Waals surface area contributed by atoms with Crippen LogP contribution in [0.15, 0.2) is 46.3 Å². The van der Waals surface area contributed by atoms with Crippen molar-refractivity contribution in [3.63, 3.8) is 0 Å². The van der Waals surface area contributed by atoms with Gasteiger partial charge in [-0.25, -0.2) is 4.99 Å². The number of guanidine groups is 1. The molecular formula is C16H22IN5OS. The fourth-order valence-electron chi connectivity index (χ4n) is 1.85.